The zero-order valence-electron chi connectivity index (χ0n) is 15.8. The zero-order valence-corrected chi connectivity index (χ0v) is 16.6. The molecule has 0 aliphatic heterocycles. The molecular formula is C23H25ClN2O. The van der Waals surface area contributed by atoms with Crippen LogP contribution >= 0.6 is 11.6 Å². The summed E-state index contributed by atoms with van der Waals surface area (Å²) in [5.74, 6) is 0.116. The summed E-state index contributed by atoms with van der Waals surface area (Å²) in [6.07, 6.45) is 2.04. The Kier molecular flexibility index (Phi) is 6.36. The van der Waals surface area contributed by atoms with Gasteiger partial charge in [0.25, 0.3) is 0 Å². The van der Waals surface area contributed by atoms with E-state index in [4.69, 9.17) is 11.6 Å². The molecule has 27 heavy (non-hydrogen) atoms. The van der Waals surface area contributed by atoms with Gasteiger partial charge in [0, 0.05) is 35.9 Å². The number of amides is 1. The third kappa shape index (κ3) is 5.01. The van der Waals surface area contributed by atoms with Crippen molar-refractivity contribution in [3.05, 3.63) is 94.8 Å². The van der Waals surface area contributed by atoms with Gasteiger partial charge in [-0.05, 0) is 29.3 Å². The second-order valence-corrected chi connectivity index (χ2v) is 7.46. The SMILES string of the molecule is CC(C)C(=O)N(Cc1ccccc1)Cc1cccn1Cc1ccccc1Cl. The Labute approximate surface area is 166 Å². The number of benzene rings is 2. The van der Waals surface area contributed by atoms with Crippen LogP contribution in [0, 0.1) is 5.92 Å². The fourth-order valence-corrected chi connectivity index (χ4v) is 3.33. The number of aromatic nitrogens is 1. The average Bonchev–Trinajstić information content (AvgIpc) is 3.10. The van der Waals surface area contributed by atoms with Gasteiger partial charge >= 0.3 is 0 Å². The van der Waals surface area contributed by atoms with Gasteiger partial charge in [-0.3, -0.25) is 4.79 Å². The van der Waals surface area contributed by atoms with E-state index in [1.165, 1.54) is 0 Å². The largest absolute Gasteiger partial charge is 0.345 e. The summed E-state index contributed by atoms with van der Waals surface area (Å²) in [6.45, 7) is 5.77. The van der Waals surface area contributed by atoms with Crippen LogP contribution in [0.4, 0.5) is 0 Å². The van der Waals surface area contributed by atoms with E-state index in [9.17, 15) is 4.79 Å². The summed E-state index contributed by atoms with van der Waals surface area (Å²) in [7, 11) is 0. The average molecular weight is 381 g/mol. The van der Waals surface area contributed by atoms with Gasteiger partial charge < -0.3 is 9.47 Å². The molecule has 0 atom stereocenters. The number of nitrogens with zero attached hydrogens (tertiary/aromatic N) is 2. The van der Waals surface area contributed by atoms with E-state index in [1.807, 2.05) is 73.5 Å². The predicted octanol–water partition coefficient (Wildman–Crippen LogP) is 5.37. The van der Waals surface area contributed by atoms with Gasteiger partial charge in [-0.1, -0.05) is 74.0 Å². The topological polar surface area (TPSA) is 25.2 Å². The van der Waals surface area contributed by atoms with Crippen molar-refractivity contribution >= 4 is 17.5 Å². The Morgan fingerprint density at radius 1 is 0.963 bits per heavy atom. The minimum atomic E-state index is -0.0410. The summed E-state index contributed by atoms with van der Waals surface area (Å²) in [5.41, 5.74) is 3.30. The highest BCUT2D eigenvalue weighted by atomic mass is 35.5. The summed E-state index contributed by atoms with van der Waals surface area (Å²) in [5, 5.41) is 0.761. The number of hydrogen-bond acceptors (Lipinski definition) is 1. The quantitative estimate of drug-likeness (QED) is 0.540. The molecule has 2 aromatic carbocycles. The molecule has 3 nitrogen and oxygen atoms in total. The maximum absolute atomic E-state index is 12.8. The Bertz CT molecular complexity index is 886. The zero-order chi connectivity index (χ0) is 19.2. The molecule has 1 amide bonds. The minimum absolute atomic E-state index is 0.0410. The molecule has 3 aromatic rings. The molecular weight excluding hydrogens is 356 g/mol. The standard InChI is InChI=1S/C23H25ClN2O/c1-18(2)23(27)26(15-19-9-4-3-5-10-19)17-21-12-8-14-25(21)16-20-11-6-7-13-22(20)24/h3-14,18H,15-17H2,1-2H3. The molecule has 0 aliphatic rings. The number of rotatable bonds is 7. The first-order valence-electron chi connectivity index (χ1n) is 9.24. The Balaban J connectivity index is 1.81. The first-order chi connectivity index (χ1) is 13.0. The van der Waals surface area contributed by atoms with E-state index < -0.39 is 0 Å². The first-order valence-corrected chi connectivity index (χ1v) is 9.62. The summed E-state index contributed by atoms with van der Waals surface area (Å²) >= 11 is 6.32. The van der Waals surface area contributed by atoms with Gasteiger partial charge in [-0.2, -0.15) is 0 Å². The van der Waals surface area contributed by atoms with Crippen LogP contribution in [0.25, 0.3) is 0 Å². The van der Waals surface area contributed by atoms with Crippen molar-refractivity contribution in [3.63, 3.8) is 0 Å². The predicted molar refractivity (Wildman–Crippen MR) is 111 cm³/mol. The highest BCUT2D eigenvalue weighted by molar-refractivity contribution is 6.31. The van der Waals surface area contributed by atoms with E-state index >= 15 is 0 Å². The highest BCUT2D eigenvalue weighted by Gasteiger charge is 2.19. The lowest BCUT2D eigenvalue weighted by molar-refractivity contribution is -0.135. The van der Waals surface area contributed by atoms with E-state index in [2.05, 4.69) is 22.8 Å². The van der Waals surface area contributed by atoms with Gasteiger partial charge in [0.1, 0.15) is 0 Å². The van der Waals surface area contributed by atoms with Crippen molar-refractivity contribution in [2.45, 2.75) is 33.5 Å². The molecule has 0 fully saturated rings. The Hall–Kier alpha value is -2.52. The van der Waals surface area contributed by atoms with Gasteiger partial charge in [0.15, 0.2) is 0 Å². The van der Waals surface area contributed by atoms with E-state index in [-0.39, 0.29) is 11.8 Å². The van der Waals surface area contributed by atoms with Crippen molar-refractivity contribution in [2.24, 2.45) is 5.92 Å². The van der Waals surface area contributed by atoms with Crippen molar-refractivity contribution in [3.8, 4) is 0 Å². The minimum Gasteiger partial charge on any atom is -0.345 e. The highest BCUT2D eigenvalue weighted by Crippen LogP contribution is 2.19. The molecule has 0 saturated carbocycles. The Morgan fingerprint density at radius 3 is 2.37 bits per heavy atom. The third-order valence-electron chi connectivity index (χ3n) is 4.60. The molecule has 0 spiro atoms. The molecule has 4 heteroatoms. The van der Waals surface area contributed by atoms with Crippen LogP contribution in [-0.2, 0) is 24.4 Å². The fourth-order valence-electron chi connectivity index (χ4n) is 3.13. The molecule has 140 valence electrons. The lowest BCUT2D eigenvalue weighted by Crippen LogP contribution is -2.34. The number of halogens is 1. The number of carbonyl (C=O) groups is 1. The first kappa shape index (κ1) is 19.2. The smallest absolute Gasteiger partial charge is 0.225 e. The van der Waals surface area contributed by atoms with Crippen molar-refractivity contribution in [1.82, 2.24) is 9.47 Å². The third-order valence-corrected chi connectivity index (χ3v) is 4.97. The van der Waals surface area contributed by atoms with E-state index in [0.29, 0.717) is 19.6 Å². The molecule has 1 heterocycles. The summed E-state index contributed by atoms with van der Waals surface area (Å²) in [6, 6.07) is 22.1. The van der Waals surface area contributed by atoms with Crippen LogP contribution in [0.1, 0.15) is 30.7 Å². The maximum atomic E-state index is 12.8. The second kappa shape index (κ2) is 8.92. The van der Waals surface area contributed by atoms with Gasteiger partial charge in [-0.25, -0.2) is 0 Å². The van der Waals surface area contributed by atoms with Gasteiger partial charge in [-0.15, -0.1) is 0 Å². The maximum Gasteiger partial charge on any atom is 0.225 e. The fraction of sp³-hybridized carbons (Fsp3) is 0.261. The molecule has 3 rings (SSSR count). The van der Waals surface area contributed by atoms with Crippen LogP contribution in [0.15, 0.2) is 72.9 Å². The van der Waals surface area contributed by atoms with Crippen molar-refractivity contribution in [2.75, 3.05) is 0 Å². The molecule has 0 bridgehead atoms. The van der Waals surface area contributed by atoms with E-state index in [0.717, 1.165) is 21.8 Å². The van der Waals surface area contributed by atoms with Crippen LogP contribution in [0.5, 0.6) is 0 Å². The number of hydrogen-bond donors (Lipinski definition) is 0. The van der Waals surface area contributed by atoms with Gasteiger partial charge in [0.05, 0.1) is 6.54 Å². The van der Waals surface area contributed by atoms with Crippen molar-refractivity contribution < 1.29 is 4.79 Å². The normalized spacial score (nSPS) is 11.0. The lowest BCUT2D eigenvalue weighted by Gasteiger charge is -2.25. The molecule has 0 saturated heterocycles. The summed E-state index contributed by atoms with van der Waals surface area (Å²) in [4.78, 5) is 14.7. The molecule has 1 aromatic heterocycles. The molecule has 0 N–H and O–H groups in total. The van der Waals surface area contributed by atoms with Gasteiger partial charge in [0.2, 0.25) is 5.91 Å². The second-order valence-electron chi connectivity index (χ2n) is 7.05. The van der Waals surface area contributed by atoms with E-state index in [1.54, 1.807) is 0 Å². The Morgan fingerprint density at radius 2 is 1.67 bits per heavy atom. The number of carbonyl (C=O) groups excluding carboxylic acids is 1. The van der Waals surface area contributed by atoms with Crippen LogP contribution < -0.4 is 0 Å². The van der Waals surface area contributed by atoms with Crippen molar-refractivity contribution in [1.29, 1.82) is 0 Å². The molecule has 0 radical (unpaired) electrons. The monoisotopic (exact) mass is 380 g/mol. The summed E-state index contributed by atoms with van der Waals surface area (Å²) < 4.78 is 2.16. The van der Waals surface area contributed by atoms with Crippen LogP contribution in [0.3, 0.4) is 0 Å². The molecule has 0 unspecified atom stereocenters. The van der Waals surface area contributed by atoms with Crippen LogP contribution in [0.2, 0.25) is 5.02 Å². The molecule has 0 aliphatic carbocycles. The lowest BCUT2D eigenvalue weighted by atomic mass is 10.1. The van der Waals surface area contributed by atoms with Crippen LogP contribution in [-0.4, -0.2) is 15.4 Å².